The molecule has 0 aliphatic heterocycles. The summed E-state index contributed by atoms with van der Waals surface area (Å²) in [5.74, 6) is 2.48. The fraction of sp³-hybridized carbons (Fsp3) is 0.900. The van der Waals surface area contributed by atoms with Crippen LogP contribution in [0.5, 0.6) is 0 Å². The van der Waals surface area contributed by atoms with E-state index in [1.165, 1.54) is 32.1 Å². The molecule has 3 rings (SSSR count). The average Bonchev–Trinajstić information content (AvgIpc) is 2.84. The summed E-state index contributed by atoms with van der Waals surface area (Å²) in [7, 11) is 0. The Labute approximate surface area is 72.7 Å². The van der Waals surface area contributed by atoms with Crippen LogP contribution in [0.3, 0.4) is 0 Å². The van der Waals surface area contributed by atoms with Gasteiger partial charge in [0.05, 0.1) is 0 Å². The smallest absolute Gasteiger partial charge is 0.223 e. The van der Waals surface area contributed by atoms with Gasteiger partial charge in [0.25, 0.3) is 0 Å². The van der Waals surface area contributed by atoms with Gasteiger partial charge in [0, 0.05) is 12.0 Å². The van der Waals surface area contributed by atoms with Crippen LogP contribution in [0.1, 0.15) is 32.1 Å². The second kappa shape index (κ2) is 2.24. The van der Waals surface area contributed by atoms with Gasteiger partial charge in [0.15, 0.2) is 0 Å². The largest absolute Gasteiger partial charge is 0.353 e. The van der Waals surface area contributed by atoms with Gasteiger partial charge in [-0.05, 0) is 43.9 Å². The molecule has 3 aliphatic carbocycles. The summed E-state index contributed by atoms with van der Waals surface area (Å²) in [5.41, 5.74) is 0. The quantitative estimate of drug-likeness (QED) is 0.671. The van der Waals surface area contributed by atoms with Crippen molar-refractivity contribution in [3.05, 3.63) is 0 Å². The molecule has 12 heavy (non-hydrogen) atoms. The minimum atomic E-state index is 0.356. The lowest BCUT2D eigenvalue weighted by Gasteiger charge is -2.00. The van der Waals surface area contributed by atoms with E-state index in [-0.39, 0.29) is 0 Å². The van der Waals surface area contributed by atoms with Crippen molar-refractivity contribution in [2.24, 2.45) is 17.8 Å². The van der Waals surface area contributed by atoms with Gasteiger partial charge in [-0.25, -0.2) is 0 Å². The number of amides is 1. The van der Waals surface area contributed by atoms with E-state index in [9.17, 15) is 4.79 Å². The Morgan fingerprint density at radius 1 is 1.17 bits per heavy atom. The fourth-order valence-electron chi connectivity index (χ4n) is 2.10. The molecule has 0 bridgehead atoms. The third-order valence-corrected chi connectivity index (χ3v) is 3.33. The first-order valence-corrected chi connectivity index (χ1v) is 5.15. The molecule has 66 valence electrons. The number of hydrogen-bond donors (Lipinski definition) is 1. The Morgan fingerprint density at radius 3 is 2.50 bits per heavy atom. The number of nitrogens with one attached hydrogen (secondary N) is 1. The van der Waals surface area contributed by atoms with E-state index in [4.69, 9.17) is 0 Å². The van der Waals surface area contributed by atoms with Crippen LogP contribution in [0.4, 0.5) is 0 Å². The molecule has 3 aliphatic rings. The van der Waals surface area contributed by atoms with Crippen molar-refractivity contribution in [3.63, 3.8) is 0 Å². The molecular formula is C10H15NO. The predicted octanol–water partition coefficient (Wildman–Crippen LogP) is 1.31. The normalized spacial score (nSPS) is 39.3. The van der Waals surface area contributed by atoms with E-state index < -0.39 is 0 Å². The Morgan fingerprint density at radius 2 is 1.92 bits per heavy atom. The molecule has 3 fully saturated rings. The molecule has 2 nitrogen and oxygen atoms in total. The number of carbonyl (C=O) groups is 1. The van der Waals surface area contributed by atoms with Gasteiger partial charge in [0.1, 0.15) is 0 Å². The van der Waals surface area contributed by atoms with Crippen molar-refractivity contribution in [2.45, 2.75) is 38.1 Å². The zero-order valence-corrected chi connectivity index (χ0v) is 7.25. The zero-order valence-electron chi connectivity index (χ0n) is 7.25. The Hall–Kier alpha value is -0.530. The molecule has 0 aromatic carbocycles. The number of rotatable bonds is 3. The van der Waals surface area contributed by atoms with Gasteiger partial charge >= 0.3 is 0 Å². The van der Waals surface area contributed by atoms with Crippen LogP contribution in [-0.4, -0.2) is 11.9 Å². The van der Waals surface area contributed by atoms with Gasteiger partial charge in [-0.15, -0.1) is 0 Å². The van der Waals surface area contributed by atoms with Gasteiger partial charge in [-0.1, -0.05) is 0 Å². The molecule has 0 spiro atoms. The molecule has 0 radical (unpaired) electrons. The highest BCUT2D eigenvalue weighted by Gasteiger charge is 2.51. The summed E-state index contributed by atoms with van der Waals surface area (Å²) in [6.45, 7) is 0. The van der Waals surface area contributed by atoms with Gasteiger partial charge < -0.3 is 5.32 Å². The fourth-order valence-corrected chi connectivity index (χ4v) is 2.10. The highest BCUT2D eigenvalue weighted by molar-refractivity contribution is 5.82. The van der Waals surface area contributed by atoms with Crippen LogP contribution in [0.2, 0.25) is 0 Å². The van der Waals surface area contributed by atoms with E-state index in [0.29, 0.717) is 17.9 Å². The van der Waals surface area contributed by atoms with Crippen LogP contribution >= 0.6 is 0 Å². The summed E-state index contributed by atoms with van der Waals surface area (Å²) >= 11 is 0. The summed E-state index contributed by atoms with van der Waals surface area (Å²) in [6, 6.07) is 0.554. The Balaban J connectivity index is 1.50. The number of carbonyl (C=O) groups excluding carboxylic acids is 1. The molecule has 0 heterocycles. The predicted molar refractivity (Wildman–Crippen MR) is 45.5 cm³/mol. The maximum atomic E-state index is 11.5. The molecule has 2 atom stereocenters. The standard InChI is InChI=1S/C10H15NO/c12-10(11-7-3-4-7)9-5-8(9)6-1-2-6/h6-9H,1-5H2,(H,11,12). The van der Waals surface area contributed by atoms with Crippen LogP contribution in [-0.2, 0) is 4.79 Å². The van der Waals surface area contributed by atoms with Crippen molar-refractivity contribution >= 4 is 5.91 Å². The van der Waals surface area contributed by atoms with Crippen LogP contribution in [0.15, 0.2) is 0 Å². The van der Waals surface area contributed by atoms with E-state index in [0.717, 1.165) is 11.8 Å². The van der Waals surface area contributed by atoms with E-state index in [1.54, 1.807) is 0 Å². The molecule has 1 N–H and O–H groups in total. The summed E-state index contributed by atoms with van der Waals surface area (Å²) < 4.78 is 0. The first-order valence-electron chi connectivity index (χ1n) is 5.15. The monoisotopic (exact) mass is 165 g/mol. The molecule has 3 saturated carbocycles. The first kappa shape index (κ1) is 6.93. The second-order valence-electron chi connectivity index (χ2n) is 4.63. The highest BCUT2D eigenvalue weighted by atomic mass is 16.2. The van der Waals surface area contributed by atoms with Gasteiger partial charge in [0.2, 0.25) is 5.91 Å². The minimum absolute atomic E-state index is 0.356. The maximum Gasteiger partial charge on any atom is 0.223 e. The maximum absolute atomic E-state index is 11.5. The lowest BCUT2D eigenvalue weighted by molar-refractivity contribution is -0.122. The van der Waals surface area contributed by atoms with E-state index >= 15 is 0 Å². The molecule has 0 aromatic rings. The SMILES string of the molecule is O=C(NC1CC1)C1CC1C1CC1. The van der Waals surface area contributed by atoms with Crippen molar-refractivity contribution in [3.8, 4) is 0 Å². The molecule has 2 unspecified atom stereocenters. The third kappa shape index (κ3) is 1.23. The Kier molecular flexibility index (Phi) is 1.29. The van der Waals surface area contributed by atoms with Crippen LogP contribution in [0, 0.1) is 17.8 Å². The molecule has 0 saturated heterocycles. The molecule has 0 aromatic heterocycles. The minimum Gasteiger partial charge on any atom is -0.353 e. The average molecular weight is 165 g/mol. The highest BCUT2D eigenvalue weighted by Crippen LogP contribution is 2.54. The summed E-state index contributed by atoms with van der Waals surface area (Å²) in [4.78, 5) is 11.5. The van der Waals surface area contributed by atoms with Crippen molar-refractivity contribution in [1.82, 2.24) is 5.32 Å². The lowest BCUT2D eigenvalue weighted by Crippen LogP contribution is -2.27. The first-order chi connectivity index (χ1) is 5.84. The lowest BCUT2D eigenvalue weighted by atomic mass is 10.2. The van der Waals surface area contributed by atoms with Gasteiger partial charge in [-0.3, -0.25) is 4.79 Å². The summed E-state index contributed by atoms with van der Waals surface area (Å²) in [5, 5.41) is 3.09. The van der Waals surface area contributed by atoms with E-state index in [2.05, 4.69) is 5.32 Å². The van der Waals surface area contributed by atoms with Crippen molar-refractivity contribution < 1.29 is 4.79 Å². The Bertz CT molecular complexity index is 218. The zero-order chi connectivity index (χ0) is 8.13. The topological polar surface area (TPSA) is 29.1 Å². The van der Waals surface area contributed by atoms with Crippen LogP contribution in [0.25, 0.3) is 0 Å². The van der Waals surface area contributed by atoms with Crippen molar-refractivity contribution in [2.75, 3.05) is 0 Å². The summed E-state index contributed by atoms with van der Waals surface area (Å²) in [6.07, 6.45) is 6.39. The third-order valence-electron chi connectivity index (χ3n) is 3.33. The van der Waals surface area contributed by atoms with Gasteiger partial charge in [-0.2, -0.15) is 0 Å². The second-order valence-corrected chi connectivity index (χ2v) is 4.63. The molecule has 2 heteroatoms. The molecule has 1 amide bonds. The van der Waals surface area contributed by atoms with E-state index in [1.807, 2.05) is 0 Å². The molecular weight excluding hydrogens is 150 g/mol. The number of hydrogen-bond acceptors (Lipinski definition) is 1. The van der Waals surface area contributed by atoms with Crippen molar-refractivity contribution in [1.29, 1.82) is 0 Å². The van der Waals surface area contributed by atoms with Crippen LogP contribution < -0.4 is 5.32 Å².